The maximum Gasteiger partial charge on any atom is 0.187 e. The first-order valence-electron chi connectivity index (χ1n) is 5.52. The first kappa shape index (κ1) is 11.6. The summed E-state index contributed by atoms with van der Waals surface area (Å²) in [6, 6.07) is 9.50. The second kappa shape index (κ2) is 4.55. The molecule has 2 rings (SSSR count). The number of hydrogen-bond acceptors (Lipinski definition) is 2. The van der Waals surface area contributed by atoms with Gasteiger partial charge in [-0.25, -0.2) is 0 Å². The minimum Gasteiger partial charge on any atom is -0.391 e. The fraction of sp³-hybridized carbons (Fsp3) is 0.214. The first-order valence-corrected chi connectivity index (χ1v) is 5.52. The molecule has 2 aromatic rings. The molecular weight excluding hydrogens is 214 g/mol. The molecule has 0 atom stereocenters. The van der Waals surface area contributed by atoms with Gasteiger partial charge >= 0.3 is 0 Å². The van der Waals surface area contributed by atoms with Gasteiger partial charge < -0.3 is 9.67 Å². The van der Waals surface area contributed by atoms with E-state index in [0.717, 1.165) is 16.9 Å². The Kier molecular flexibility index (Phi) is 3.11. The minimum absolute atomic E-state index is 0.116. The molecule has 0 bridgehead atoms. The predicted octanol–water partition coefficient (Wildman–Crippen LogP) is 1.95. The zero-order chi connectivity index (χ0) is 12.4. The van der Waals surface area contributed by atoms with Crippen molar-refractivity contribution in [2.75, 3.05) is 0 Å². The third-order valence-corrected chi connectivity index (χ3v) is 2.87. The topological polar surface area (TPSA) is 42.2 Å². The van der Waals surface area contributed by atoms with E-state index in [9.17, 15) is 4.79 Å². The Morgan fingerprint density at radius 3 is 2.59 bits per heavy atom. The Labute approximate surface area is 100.0 Å². The van der Waals surface area contributed by atoms with E-state index in [1.54, 1.807) is 12.3 Å². The van der Waals surface area contributed by atoms with Crippen LogP contribution in [0, 0.1) is 13.8 Å². The Bertz CT molecular complexity index is 599. The lowest BCUT2D eigenvalue weighted by atomic mass is 10.1. The van der Waals surface area contributed by atoms with Gasteiger partial charge in [0, 0.05) is 29.2 Å². The molecule has 0 saturated heterocycles. The average Bonchev–Trinajstić information content (AvgIpc) is 2.31. The van der Waals surface area contributed by atoms with Gasteiger partial charge in [0.15, 0.2) is 5.43 Å². The standard InChI is InChI=1S/C14H15NO2/c1-10-5-3-4-6-13(10)15-8-12(9-16)14(17)7-11(15)2/h3-8,16H,9H2,1-2H3. The van der Waals surface area contributed by atoms with Crippen molar-refractivity contribution in [1.82, 2.24) is 4.57 Å². The van der Waals surface area contributed by atoms with Gasteiger partial charge in [-0.3, -0.25) is 4.79 Å². The monoisotopic (exact) mass is 229 g/mol. The summed E-state index contributed by atoms with van der Waals surface area (Å²) in [6.07, 6.45) is 1.71. The van der Waals surface area contributed by atoms with E-state index in [2.05, 4.69) is 0 Å². The highest BCUT2D eigenvalue weighted by Gasteiger charge is 2.06. The number of rotatable bonds is 2. The number of benzene rings is 1. The molecule has 1 heterocycles. The molecule has 0 amide bonds. The normalized spacial score (nSPS) is 10.5. The molecule has 88 valence electrons. The molecule has 17 heavy (non-hydrogen) atoms. The van der Waals surface area contributed by atoms with Crippen LogP contribution in [-0.2, 0) is 6.61 Å². The second-order valence-electron chi connectivity index (χ2n) is 4.12. The lowest BCUT2D eigenvalue weighted by Gasteiger charge is -2.14. The molecule has 0 aliphatic rings. The molecule has 0 unspecified atom stereocenters. The van der Waals surface area contributed by atoms with Crippen LogP contribution in [0.15, 0.2) is 41.3 Å². The van der Waals surface area contributed by atoms with Crippen LogP contribution < -0.4 is 5.43 Å². The molecule has 0 radical (unpaired) electrons. The number of aryl methyl sites for hydroxylation is 2. The third-order valence-electron chi connectivity index (χ3n) is 2.87. The summed E-state index contributed by atoms with van der Waals surface area (Å²) < 4.78 is 1.93. The van der Waals surface area contributed by atoms with Crippen molar-refractivity contribution < 1.29 is 5.11 Å². The number of para-hydroxylation sites is 1. The predicted molar refractivity (Wildman–Crippen MR) is 67.4 cm³/mol. The van der Waals surface area contributed by atoms with Crippen molar-refractivity contribution in [2.24, 2.45) is 0 Å². The minimum atomic E-state index is -0.231. The second-order valence-corrected chi connectivity index (χ2v) is 4.12. The van der Waals surface area contributed by atoms with Gasteiger partial charge in [-0.2, -0.15) is 0 Å². The average molecular weight is 229 g/mol. The van der Waals surface area contributed by atoms with Crippen LogP contribution >= 0.6 is 0 Å². The van der Waals surface area contributed by atoms with Gasteiger partial charge in [0.05, 0.1) is 6.61 Å². The third kappa shape index (κ3) is 2.15. The van der Waals surface area contributed by atoms with Crippen LogP contribution in [0.2, 0.25) is 0 Å². The largest absolute Gasteiger partial charge is 0.391 e. The molecule has 1 N–H and O–H groups in total. The van der Waals surface area contributed by atoms with Crippen LogP contribution in [-0.4, -0.2) is 9.67 Å². The van der Waals surface area contributed by atoms with Gasteiger partial charge in [0.2, 0.25) is 0 Å². The van der Waals surface area contributed by atoms with E-state index in [0.29, 0.717) is 5.56 Å². The van der Waals surface area contributed by atoms with Crippen LogP contribution in [0.25, 0.3) is 5.69 Å². The van der Waals surface area contributed by atoms with Gasteiger partial charge in [-0.15, -0.1) is 0 Å². The molecule has 1 aromatic carbocycles. The quantitative estimate of drug-likeness (QED) is 0.855. The van der Waals surface area contributed by atoms with Crippen molar-refractivity contribution in [3.05, 3.63) is 63.6 Å². The molecule has 1 aromatic heterocycles. The van der Waals surface area contributed by atoms with Gasteiger partial charge in [0.1, 0.15) is 0 Å². The van der Waals surface area contributed by atoms with Crippen LogP contribution in [0.4, 0.5) is 0 Å². The van der Waals surface area contributed by atoms with Crippen molar-refractivity contribution in [1.29, 1.82) is 0 Å². The van der Waals surface area contributed by atoms with Crippen LogP contribution in [0.5, 0.6) is 0 Å². The molecule has 0 spiro atoms. The number of hydrogen-bond donors (Lipinski definition) is 1. The van der Waals surface area contributed by atoms with Crippen molar-refractivity contribution in [2.45, 2.75) is 20.5 Å². The Morgan fingerprint density at radius 2 is 1.94 bits per heavy atom. The first-order chi connectivity index (χ1) is 8.13. The van der Waals surface area contributed by atoms with Crippen molar-refractivity contribution in [3.8, 4) is 5.69 Å². The van der Waals surface area contributed by atoms with Crippen molar-refractivity contribution >= 4 is 0 Å². The molecule has 0 saturated carbocycles. The maximum absolute atomic E-state index is 11.6. The molecule has 3 nitrogen and oxygen atoms in total. The molecule has 0 fully saturated rings. The Balaban J connectivity index is 2.68. The lowest BCUT2D eigenvalue weighted by Crippen LogP contribution is -2.14. The van der Waals surface area contributed by atoms with E-state index in [1.165, 1.54) is 0 Å². The van der Waals surface area contributed by atoms with E-state index in [1.807, 2.05) is 42.7 Å². The highest BCUT2D eigenvalue weighted by molar-refractivity contribution is 5.42. The van der Waals surface area contributed by atoms with Gasteiger partial charge in [0.25, 0.3) is 0 Å². The zero-order valence-corrected chi connectivity index (χ0v) is 9.97. The molecule has 0 aliphatic carbocycles. The number of aliphatic hydroxyl groups excluding tert-OH is 1. The van der Waals surface area contributed by atoms with E-state index in [-0.39, 0.29) is 12.0 Å². The summed E-state index contributed by atoms with van der Waals surface area (Å²) in [7, 11) is 0. The SMILES string of the molecule is Cc1ccccc1-n1cc(CO)c(=O)cc1C. The maximum atomic E-state index is 11.6. The number of nitrogens with zero attached hydrogens (tertiary/aromatic N) is 1. The molecular formula is C14H15NO2. The summed E-state index contributed by atoms with van der Waals surface area (Å²) >= 11 is 0. The van der Waals surface area contributed by atoms with E-state index < -0.39 is 0 Å². The van der Waals surface area contributed by atoms with E-state index in [4.69, 9.17) is 5.11 Å². The number of pyridine rings is 1. The molecule has 3 heteroatoms. The van der Waals surface area contributed by atoms with Gasteiger partial charge in [-0.05, 0) is 25.5 Å². The fourth-order valence-corrected chi connectivity index (χ4v) is 1.89. The highest BCUT2D eigenvalue weighted by atomic mass is 16.3. The molecule has 0 aliphatic heterocycles. The Morgan fingerprint density at radius 1 is 1.24 bits per heavy atom. The smallest absolute Gasteiger partial charge is 0.187 e. The lowest BCUT2D eigenvalue weighted by molar-refractivity contribution is 0.280. The summed E-state index contributed by atoms with van der Waals surface area (Å²) in [4.78, 5) is 11.6. The summed E-state index contributed by atoms with van der Waals surface area (Å²) in [6.45, 7) is 3.67. The van der Waals surface area contributed by atoms with Crippen molar-refractivity contribution in [3.63, 3.8) is 0 Å². The van der Waals surface area contributed by atoms with E-state index >= 15 is 0 Å². The van der Waals surface area contributed by atoms with Gasteiger partial charge in [-0.1, -0.05) is 18.2 Å². The number of aliphatic hydroxyl groups is 1. The summed E-state index contributed by atoms with van der Waals surface area (Å²) in [5, 5.41) is 9.14. The highest BCUT2D eigenvalue weighted by Crippen LogP contribution is 2.15. The fourth-order valence-electron chi connectivity index (χ4n) is 1.89. The zero-order valence-electron chi connectivity index (χ0n) is 9.97. The summed E-state index contributed by atoms with van der Waals surface area (Å²) in [5.41, 5.74) is 3.32. The van der Waals surface area contributed by atoms with Crippen LogP contribution in [0.1, 0.15) is 16.8 Å². The van der Waals surface area contributed by atoms with Crippen LogP contribution in [0.3, 0.4) is 0 Å². The summed E-state index contributed by atoms with van der Waals surface area (Å²) in [5.74, 6) is 0. The number of aromatic nitrogens is 1. The Hall–Kier alpha value is -1.87.